The molecule has 1 aromatic heterocycles. The molecule has 0 saturated carbocycles. The Labute approximate surface area is 146 Å². The Morgan fingerprint density at radius 2 is 1.76 bits per heavy atom. The minimum Gasteiger partial charge on any atom is -0.352 e. The predicted molar refractivity (Wildman–Crippen MR) is 97.5 cm³/mol. The molecule has 0 fully saturated rings. The summed E-state index contributed by atoms with van der Waals surface area (Å²) in [5.74, 6) is 1.15. The van der Waals surface area contributed by atoms with E-state index in [2.05, 4.69) is 25.6 Å². The molecule has 0 saturated heterocycles. The number of nitrogens with one attached hydrogen (secondary N) is 3. The normalized spacial score (nSPS) is 11.4. The first-order valence-electron chi connectivity index (χ1n) is 8.03. The highest BCUT2D eigenvalue weighted by molar-refractivity contribution is 5.79. The van der Waals surface area contributed by atoms with E-state index in [9.17, 15) is 4.39 Å². The number of imidazole rings is 1. The van der Waals surface area contributed by atoms with Gasteiger partial charge in [0, 0.05) is 19.2 Å². The van der Waals surface area contributed by atoms with Gasteiger partial charge in [0.05, 0.1) is 18.4 Å². The first-order valence-corrected chi connectivity index (χ1v) is 8.03. The summed E-state index contributed by atoms with van der Waals surface area (Å²) in [7, 11) is 1.67. The second-order valence-electron chi connectivity index (χ2n) is 5.48. The van der Waals surface area contributed by atoms with Crippen LogP contribution < -0.4 is 10.6 Å². The van der Waals surface area contributed by atoms with Crippen molar-refractivity contribution in [2.45, 2.75) is 13.1 Å². The molecule has 3 aromatic rings. The molecule has 0 aliphatic carbocycles. The highest BCUT2D eigenvalue weighted by Crippen LogP contribution is 2.15. The summed E-state index contributed by atoms with van der Waals surface area (Å²) < 4.78 is 13.6. The fourth-order valence-corrected chi connectivity index (χ4v) is 2.43. The predicted octanol–water partition coefficient (Wildman–Crippen LogP) is 3.08. The molecule has 25 heavy (non-hydrogen) atoms. The molecule has 128 valence electrons. The van der Waals surface area contributed by atoms with Crippen LogP contribution in [0.3, 0.4) is 0 Å². The van der Waals surface area contributed by atoms with Crippen molar-refractivity contribution in [2.24, 2.45) is 4.99 Å². The summed E-state index contributed by atoms with van der Waals surface area (Å²) in [6.07, 6.45) is 1.81. The summed E-state index contributed by atoms with van der Waals surface area (Å²) >= 11 is 0. The zero-order valence-corrected chi connectivity index (χ0v) is 14.0. The van der Waals surface area contributed by atoms with Crippen LogP contribution in [0.2, 0.25) is 0 Å². The highest BCUT2D eigenvalue weighted by atomic mass is 19.1. The number of nitrogens with zero attached hydrogens (tertiary/aromatic N) is 2. The van der Waals surface area contributed by atoms with Crippen LogP contribution >= 0.6 is 0 Å². The molecule has 0 aliphatic heterocycles. The highest BCUT2D eigenvalue weighted by Gasteiger charge is 2.05. The van der Waals surface area contributed by atoms with Gasteiger partial charge in [0.1, 0.15) is 11.6 Å². The van der Waals surface area contributed by atoms with Crippen LogP contribution in [0, 0.1) is 5.82 Å². The first-order chi connectivity index (χ1) is 12.3. The number of benzene rings is 2. The van der Waals surface area contributed by atoms with Crippen molar-refractivity contribution in [3.63, 3.8) is 0 Å². The van der Waals surface area contributed by atoms with Gasteiger partial charge >= 0.3 is 0 Å². The number of aromatic nitrogens is 2. The van der Waals surface area contributed by atoms with E-state index in [0.29, 0.717) is 24.6 Å². The van der Waals surface area contributed by atoms with Gasteiger partial charge in [0.2, 0.25) is 0 Å². The van der Waals surface area contributed by atoms with Gasteiger partial charge in [-0.1, -0.05) is 48.5 Å². The molecule has 0 bridgehead atoms. The topological polar surface area (TPSA) is 65.1 Å². The van der Waals surface area contributed by atoms with E-state index in [0.717, 1.165) is 17.1 Å². The van der Waals surface area contributed by atoms with Crippen molar-refractivity contribution >= 4 is 5.96 Å². The third kappa shape index (κ3) is 4.44. The van der Waals surface area contributed by atoms with Gasteiger partial charge in [-0.3, -0.25) is 4.99 Å². The molecule has 0 unspecified atom stereocenters. The molecule has 2 aromatic carbocycles. The van der Waals surface area contributed by atoms with Crippen LogP contribution in [0.4, 0.5) is 4.39 Å². The summed E-state index contributed by atoms with van der Waals surface area (Å²) in [5.41, 5.74) is 2.64. The van der Waals surface area contributed by atoms with Crippen LogP contribution in [0.1, 0.15) is 11.4 Å². The van der Waals surface area contributed by atoms with Gasteiger partial charge in [-0.2, -0.15) is 0 Å². The maximum Gasteiger partial charge on any atom is 0.191 e. The number of aliphatic imine (C=N–C) groups is 1. The molecule has 0 aliphatic rings. The third-order valence-corrected chi connectivity index (χ3v) is 3.76. The first kappa shape index (κ1) is 16.7. The summed E-state index contributed by atoms with van der Waals surface area (Å²) in [4.78, 5) is 11.8. The van der Waals surface area contributed by atoms with Gasteiger partial charge in [0.15, 0.2) is 5.96 Å². The lowest BCUT2D eigenvalue weighted by molar-refractivity contribution is 0.604. The van der Waals surface area contributed by atoms with Crippen molar-refractivity contribution in [1.82, 2.24) is 20.6 Å². The molecule has 6 heteroatoms. The average molecular weight is 337 g/mol. The van der Waals surface area contributed by atoms with E-state index in [1.807, 2.05) is 42.6 Å². The lowest BCUT2D eigenvalue weighted by Gasteiger charge is -2.11. The second kappa shape index (κ2) is 8.10. The summed E-state index contributed by atoms with van der Waals surface area (Å²) in [6.45, 7) is 0.851. The van der Waals surface area contributed by atoms with E-state index >= 15 is 0 Å². The van der Waals surface area contributed by atoms with Gasteiger partial charge in [-0.15, -0.1) is 0 Å². The van der Waals surface area contributed by atoms with Crippen LogP contribution in [-0.4, -0.2) is 23.0 Å². The Hall–Kier alpha value is -3.15. The Balaban J connectivity index is 1.55. The van der Waals surface area contributed by atoms with Crippen molar-refractivity contribution < 1.29 is 4.39 Å². The minimum absolute atomic E-state index is 0.232. The fourth-order valence-electron chi connectivity index (χ4n) is 2.43. The third-order valence-electron chi connectivity index (χ3n) is 3.76. The molecular weight excluding hydrogens is 317 g/mol. The Morgan fingerprint density at radius 1 is 1.04 bits per heavy atom. The maximum absolute atomic E-state index is 13.6. The Morgan fingerprint density at radius 3 is 2.52 bits per heavy atom. The minimum atomic E-state index is -0.232. The Kier molecular flexibility index (Phi) is 5.41. The van der Waals surface area contributed by atoms with Crippen LogP contribution in [0.5, 0.6) is 0 Å². The van der Waals surface area contributed by atoms with Crippen molar-refractivity contribution in [3.8, 4) is 11.3 Å². The maximum atomic E-state index is 13.6. The molecule has 3 N–H and O–H groups in total. The van der Waals surface area contributed by atoms with Crippen LogP contribution in [0.25, 0.3) is 11.3 Å². The SMILES string of the molecule is CN=C(NCc1ncc(-c2ccccc2)[nH]1)NCc1ccccc1F. The van der Waals surface area contributed by atoms with Gasteiger partial charge in [-0.05, 0) is 11.6 Å². The molecule has 5 nitrogen and oxygen atoms in total. The summed E-state index contributed by atoms with van der Waals surface area (Å²) in [5, 5.41) is 6.26. The standard InChI is InChI=1S/C19H20FN5/c1-21-19(23-11-15-9-5-6-10-16(15)20)24-13-18-22-12-17(25-18)14-7-3-2-4-8-14/h2-10,12H,11,13H2,1H3,(H,22,25)(H2,21,23,24). The monoisotopic (exact) mass is 337 g/mol. The van der Waals surface area contributed by atoms with Gasteiger partial charge in [0.25, 0.3) is 0 Å². The molecule has 0 amide bonds. The van der Waals surface area contributed by atoms with E-state index in [-0.39, 0.29) is 5.82 Å². The quantitative estimate of drug-likeness (QED) is 0.495. The number of halogens is 1. The number of guanidine groups is 1. The van der Waals surface area contributed by atoms with Crippen LogP contribution in [0.15, 0.2) is 65.8 Å². The molecule has 0 radical (unpaired) electrons. The summed E-state index contributed by atoms with van der Waals surface area (Å²) in [6, 6.07) is 16.7. The largest absolute Gasteiger partial charge is 0.352 e. The van der Waals surface area contributed by atoms with Crippen molar-refractivity contribution in [1.29, 1.82) is 0 Å². The van der Waals surface area contributed by atoms with Gasteiger partial charge in [-0.25, -0.2) is 9.37 Å². The average Bonchev–Trinajstić information content (AvgIpc) is 3.13. The smallest absolute Gasteiger partial charge is 0.191 e. The van der Waals surface area contributed by atoms with E-state index < -0.39 is 0 Å². The lowest BCUT2D eigenvalue weighted by Crippen LogP contribution is -2.36. The van der Waals surface area contributed by atoms with Crippen LogP contribution in [-0.2, 0) is 13.1 Å². The Bertz CT molecular complexity index is 842. The van der Waals surface area contributed by atoms with E-state index in [1.165, 1.54) is 6.07 Å². The number of aromatic amines is 1. The lowest BCUT2D eigenvalue weighted by atomic mass is 10.2. The molecule has 0 atom stereocenters. The van der Waals surface area contributed by atoms with Crippen molar-refractivity contribution in [2.75, 3.05) is 7.05 Å². The fraction of sp³-hybridized carbons (Fsp3) is 0.158. The van der Waals surface area contributed by atoms with E-state index in [1.54, 1.807) is 19.2 Å². The molecule has 1 heterocycles. The number of hydrogen-bond acceptors (Lipinski definition) is 2. The van der Waals surface area contributed by atoms with Crippen molar-refractivity contribution in [3.05, 3.63) is 78.0 Å². The molecular formula is C19H20FN5. The molecule has 0 spiro atoms. The number of hydrogen-bond donors (Lipinski definition) is 3. The second-order valence-corrected chi connectivity index (χ2v) is 5.48. The number of rotatable bonds is 5. The van der Waals surface area contributed by atoms with Gasteiger partial charge < -0.3 is 15.6 Å². The zero-order valence-electron chi connectivity index (χ0n) is 14.0. The van der Waals surface area contributed by atoms with E-state index in [4.69, 9.17) is 0 Å². The number of H-pyrrole nitrogens is 1. The zero-order chi connectivity index (χ0) is 17.5. The molecule has 3 rings (SSSR count).